The zero-order chi connectivity index (χ0) is 30.3. The lowest BCUT2D eigenvalue weighted by Crippen LogP contribution is -2.35. The van der Waals surface area contributed by atoms with Crippen LogP contribution in [0.2, 0.25) is 0 Å². The molecule has 2 amide bonds. The number of rotatable bonds is 8. The van der Waals surface area contributed by atoms with Gasteiger partial charge in [0.2, 0.25) is 5.91 Å². The van der Waals surface area contributed by atoms with Gasteiger partial charge >= 0.3 is 0 Å². The van der Waals surface area contributed by atoms with Crippen molar-refractivity contribution in [1.29, 1.82) is 0 Å². The molecular formula is C35H34FN3O4. The molecule has 2 atom stereocenters. The number of likely N-dealkylation sites (N-methyl/N-ethyl adjacent to an activating group) is 1. The van der Waals surface area contributed by atoms with Crippen LogP contribution >= 0.6 is 0 Å². The second-order valence-corrected chi connectivity index (χ2v) is 11.5. The van der Waals surface area contributed by atoms with Gasteiger partial charge in [0, 0.05) is 18.8 Å². The Morgan fingerprint density at radius 3 is 2.47 bits per heavy atom. The van der Waals surface area contributed by atoms with Crippen molar-refractivity contribution >= 4 is 11.8 Å². The van der Waals surface area contributed by atoms with Crippen LogP contribution in [0.4, 0.5) is 4.39 Å². The Morgan fingerprint density at radius 2 is 1.81 bits per heavy atom. The number of carbonyl (C=O) groups is 2. The third-order valence-electron chi connectivity index (χ3n) is 8.13. The van der Waals surface area contributed by atoms with Crippen molar-refractivity contribution in [3.63, 3.8) is 0 Å². The SMILES string of the molecule is CNC(=O)C1c2cc(-c3cc(C(=O)NC4(c5ccccn5)CC4)c(OC(C)C)cc3C)ccc2OC1c1ccc(F)cc1. The average molecular weight is 580 g/mol. The summed E-state index contributed by atoms with van der Waals surface area (Å²) in [5.74, 6) is -0.324. The molecule has 8 heteroatoms. The Balaban J connectivity index is 1.38. The number of pyridine rings is 1. The number of hydrogen-bond acceptors (Lipinski definition) is 5. The lowest BCUT2D eigenvalue weighted by atomic mass is 9.88. The minimum absolute atomic E-state index is 0.128. The van der Waals surface area contributed by atoms with Gasteiger partial charge in [-0.25, -0.2) is 4.39 Å². The number of hydrogen-bond donors (Lipinski definition) is 2. The maximum atomic E-state index is 13.8. The summed E-state index contributed by atoms with van der Waals surface area (Å²) in [5.41, 5.74) is 4.82. The van der Waals surface area contributed by atoms with Crippen LogP contribution in [-0.4, -0.2) is 29.9 Å². The Labute approximate surface area is 250 Å². The van der Waals surface area contributed by atoms with Crippen LogP contribution < -0.4 is 20.1 Å². The second-order valence-electron chi connectivity index (χ2n) is 11.5. The average Bonchev–Trinajstić information content (AvgIpc) is 3.68. The maximum absolute atomic E-state index is 13.8. The highest BCUT2D eigenvalue weighted by Gasteiger charge is 2.47. The minimum Gasteiger partial charge on any atom is -0.490 e. The molecule has 220 valence electrons. The molecule has 6 rings (SSSR count). The molecule has 0 spiro atoms. The second kappa shape index (κ2) is 11.2. The van der Waals surface area contributed by atoms with E-state index in [1.54, 1.807) is 25.4 Å². The third kappa shape index (κ3) is 5.45. The molecule has 1 aliphatic carbocycles. The first-order valence-corrected chi connectivity index (χ1v) is 14.5. The van der Waals surface area contributed by atoms with E-state index in [9.17, 15) is 14.0 Å². The summed E-state index contributed by atoms with van der Waals surface area (Å²) in [6.07, 6.45) is 2.64. The van der Waals surface area contributed by atoms with E-state index in [0.29, 0.717) is 22.6 Å². The molecule has 2 aliphatic rings. The molecule has 1 fully saturated rings. The molecule has 2 N–H and O–H groups in total. The summed E-state index contributed by atoms with van der Waals surface area (Å²) in [6, 6.07) is 21.2. The Morgan fingerprint density at radius 1 is 1.05 bits per heavy atom. The zero-order valence-electron chi connectivity index (χ0n) is 24.6. The predicted octanol–water partition coefficient (Wildman–Crippen LogP) is 6.37. The number of carbonyl (C=O) groups excluding carboxylic acids is 2. The molecule has 0 saturated heterocycles. The fraction of sp³-hybridized carbons (Fsp3) is 0.286. The third-order valence-corrected chi connectivity index (χ3v) is 8.13. The largest absolute Gasteiger partial charge is 0.490 e. The Hall–Kier alpha value is -4.72. The van der Waals surface area contributed by atoms with Crippen LogP contribution in [0.1, 0.15) is 71.5 Å². The first kappa shape index (κ1) is 28.4. The van der Waals surface area contributed by atoms with Crippen molar-refractivity contribution < 1.29 is 23.5 Å². The van der Waals surface area contributed by atoms with Crippen LogP contribution in [0, 0.1) is 12.7 Å². The van der Waals surface area contributed by atoms with Crippen molar-refractivity contribution in [3.05, 3.63) is 113 Å². The molecule has 1 aliphatic heterocycles. The zero-order valence-corrected chi connectivity index (χ0v) is 24.6. The highest BCUT2D eigenvalue weighted by atomic mass is 19.1. The number of halogens is 1. The first-order valence-electron chi connectivity index (χ1n) is 14.5. The van der Waals surface area contributed by atoms with Crippen molar-refractivity contribution in [3.8, 4) is 22.6 Å². The van der Waals surface area contributed by atoms with Crippen LogP contribution in [0.5, 0.6) is 11.5 Å². The van der Waals surface area contributed by atoms with E-state index >= 15 is 0 Å². The van der Waals surface area contributed by atoms with Crippen LogP contribution in [0.15, 0.2) is 79.0 Å². The Kier molecular flexibility index (Phi) is 7.38. The summed E-state index contributed by atoms with van der Waals surface area (Å²) in [5, 5.41) is 5.98. The first-order chi connectivity index (χ1) is 20.7. The van der Waals surface area contributed by atoms with Gasteiger partial charge in [0.15, 0.2) is 0 Å². The van der Waals surface area contributed by atoms with Crippen LogP contribution in [0.25, 0.3) is 11.1 Å². The summed E-state index contributed by atoms with van der Waals surface area (Å²) in [4.78, 5) is 31.5. The number of nitrogens with zero attached hydrogens (tertiary/aromatic N) is 1. The number of fused-ring (bicyclic) bond motifs is 1. The van der Waals surface area contributed by atoms with Gasteiger partial charge in [-0.15, -0.1) is 0 Å². The number of amides is 2. The van der Waals surface area contributed by atoms with E-state index in [-0.39, 0.29) is 23.7 Å². The molecule has 0 radical (unpaired) electrons. The lowest BCUT2D eigenvalue weighted by Gasteiger charge is -2.21. The quantitative estimate of drug-likeness (QED) is 0.253. The van der Waals surface area contributed by atoms with Gasteiger partial charge in [-0.3, -0.25) is 14.6 Å². The number of aromatic nitrogens is 1. The maximum Gasteiger partial charge on any atom is 0.255 e. The van der Waals surface area contributed by atoms with E-state index in [4.69, 9.17) is 9.47 Å². The minimum atomic E-state index is -0.634. The topological polar surface area (TPSA) is 89.6 Å². The molecule has 4 aromatic rings. The number of aryl methyl sites for hydroxylation is 1. The highest BCUT2D eigenvalue weighted by molar-refractivity contribution is 5.99. The summed E-state index contributed by atoms with van der Waals surface area (Å²) >= 11 is 0. The smallest absolute Gasteiger partial charge is 0.255 e. The molecule has 1 aromatic heterocycles. The summed E-state index contributed by atoms with van der Waals surface area (Å²) in [6.45, 7) is 5.83. The lowest BCUT2D eigenvalue weighted by molar-refractivity contribution is -0.123. The van der Waals surface area contributed by atoms with Gasteiger partial charge in [-0.1, -0.05) is 24.3 Å². The van der Waals surface area contributed by atoms with Gasteiger partial charge in [-0.05, 0) is 104 Å². The fourth-order valence-electron chi connectivity index (χ4n) is 5.80. The molecule has 2 unspecified atom stereocenters. The van der Waals surface area contributed by atoms with Gasteiger partial charge in [0.1, 0.15) is 29.3 Å². The molecule has 43 heavy (non-hydrogen) atoms. The summed E-state index contributed by atoms with van der Waals surface area (Å²) in [7, 11) is 1.59. The highest BCUT2D eigenvalue weighted by Crippen LogP contribution is 2.48. The van der Waals surface area contributed by atoms with Crippen molar-refractivity contribution in [2.24, 2.45) is 0 Å². The predicted molar refractivity (Wildman–Crippen MR) is 162 cm³/mol. The number of ether oxygens (including phenoxy) is 2. The van der Waals surface area contributed by atoms with E-state index in [2.05, 4.69) is 15.6 Å². The van der Waals surface area contributed by atoms with Crippen molar-refractivity contribution in [1.82, 2.24) is 15.6 Å². The molecule has 0 bridgehead atoms. The van der Waals surface area contributed by atoms with Gasteiger partial charge in [-0.2, -0.15) is 0 Å². The number of nitrogens with one attached hydrogen (secondary N) is 2. The number of benzene rings is 3. The van der Waals surface area contributed by atoms with Crippen LogP contribution in [0.3, 0.4) is 0 Å². The van der Waals surface area contributed by atoms with Gasteiger partial charge in [0.25, 0.3) is 5.91 Å². The van der Waals surface area contributed by atoms with Gasteiger partial charge < -0.3 is 20.1 Å². The Bertz CT molecular complexity index is 1680. The van der Waals surface area contributed by atoms with Crippen molar-refractivity contribution in [2.75, 3.05) is 7.05 Å². The van der Waals surface area contributed by atoms with E-state index in [1.807, 2.05) is 69.3 Å². The monoisotopic (exact) mass is 579 g/mol. The molecular weight excluding hydrogens is 545 g/mol. The van der Waals surface area contributed by atoms with E-state index in [0.717, 1.165) is 40.8 Å². The van der Waals surface area contributed by atoms with Gasteiger partial charge in [0.05, 0.1) is 22.9 Å². The van der Waals surface area contributed by atoms with Crippen molar-refractivity contribution in [2.45, 2.75) is 57.3 Å². The normalized spacial score (nSPS) is 18.0. The summed E-state index contributed by atoms with van der Waals surface area (Å²) < 4.78 is 26.0. The molecule has 3 aromatic carbocycles. The van der Waals surface area contributed by atoms with Crippen LogP contribution in [-0.2, 0) is 10.3 Å². The molecule has 2 heterocycles. The van der Waals surface area contributed by atoms with E-state index in [1.165, 1.54) is 12.1 Å². The molecule has 7 nitrogen and oxygen atoms in total. The van der Waals surface area contributed by atoms with E-state index < -0.39 is 17.6 Å². The molecule has 1 saturated carbocycles. The fourth-order valence-corrected chi connectivity index (χ4v) is 5.80. The standard InChI is InChI=1S/C35H34FN3O4/c1-20(2)42-29-17-21(3)25(19-27(29)33(40)39-35(14-15-35)30-7-5-6-16-38-30)23-10-13-28-26(18-23)31(34(41)37-4)32(43-28)22-8-11-24(36)12-9-22/h5-13,16-20,31-32H,14-15H2,1-4H3,(H,37,41)(H,39,40).